The van der Waals surface area contributed by atoms with E-state index in [9.17, 15) is 19.5 Å². The van der Waals surface area contributed by atoms with E-state index in [0.717, 1.165) is 11.3 Å². The average Bonchev–Trinajstić information content (AvgIpc) is 3.35. The minimum Gasteiger partial charge on any atom is -0.507 e. The van der Waals surface area contributed by atoms with E-state index in [0.29, 0.717) is 22.6 Å². The third-order valence-electron chi connectivity index (χ3n) is 5.19. The number of benzene rings is 1. The highest BCUT2D eigenvalue weighted by Gasteiger charge is 2.48. The predicted molar refractivity (Wildman–Crippen MR) is 120 cm³/mol. The van der Waals surface area contributed by atoms with Gasteiger partial charge in [0.2, 0.25) is 0 Å². The van der Waals surface area contributed by atoms with Gasteiger partial charge in [-0.1, -0.05) is 23.5 Å². The summed E-state index contributed by atoms with van der Waals surface area (Å²) in [5, 5.41) is 11.2. The summed E-state index contributed by atoms with van der Waals surface area (Å²) < 4.78 is 10.00. The van der Waals surface area contributed by atoms with Crippen LogP contribution in [-0.4, -0.2) is 47.0 Å². The van der Waals surface area contributed by atoms with E-state index < -0.39 is 23.7 Å². The van der Waals surface area contributed by atoms with Gasteiger partial charge in [-0.05, 0) is 36.8 Å². The third-order valence-corrected chi connectivity index (χ3v) is 6.33. The van der Waals surface area contributed by atoms with Crippen LogP contribution in [-0.2, 0) is 14.3 Å². The van der Waals surface area contributed by atoms with E-state index >= 15 is 0 Å². The molecule has 0 radical (unpaired) electrons. The monoisotopic (exact) mass is 465 g/mol. The first-order valence-corrected chi connectivity index (χ1v) is 10.6. The van der Waals surface area contributed by atoms with Crippen molar-refractivity contribution in [1.29, 1.82) is 0 Å². The van der Waals surface area contributed by atoms with Crippen molar-refractivity contribution in [3.05, 3.63) is 76.1 Å². The lowest BCUT2D eigenvalue weighted by atomic mass is 9.95. The van der Waals surface area contributed by atoms with Crippen LogP contribution in [0.4, 0.5) is 5.13 Å². The maximum Gasteiger partial charge on any atom is 0.350 e. The highest BCUT2D eigenvalue weighted by atomic mass is 32.1. The molecule has 0 spiro atoms. The number of ether oxygens (including phenoxy) is 2. The molecule has 0 aliphatic carbocycles. The van der Waals surface area contributed by atoms with Crippen LogP contribution in [0.1, 0.15) is 32.5 Å². The zero-order valence-corrected chi connectivity index (χ0v) is 18.8. The van der Waals surface area contributed by atoms with Crippen LogP contribution in [0.15, 0.2) is 54.4 Å². The largest absolute Gasteiger partial charge is 0.507 e. The summed E-state index contributed by atoms with van der Waals surface area (Å²) in [4.78, 5) is 48.1. The molecule has 1 fully saturated rings. The molecule has 4 rings (SSSR count). The number of thiazole rings is 1. The molecule has 10 heteroatoms. The van der Waals surface area contributed by atoms with Gasteiger partial charge in [-0.3, -0.25) is 19.5 Å². The number of carbonyl (C=O) groups is 3. The van der Waals surface area contributed by atoms with Crippen molar-refractivity contribution in [2.24, 2.45) is 0 Å². The Labute approximate surface area is 192 Å². The lowest BCUT2D eigenvalue weighted by Gasteiger charge is -2.23. The van der Waals surface area contributed by atoms with Crippen LogP contribution in [0.3, 0.4) is 0 Å². The molecular formula is C23H19N3O6S. The molecule has 168 valence electrons. The number of anilines is 1. The molecule has 2 aromatic heterocycles. The van der Waals surface area contributed by atoms with E-state index in [1.165, 1.54) is 43.6 Å². The minimum atomic E-state index is -0.972. The van der Waals surface area contributed by atoms with Crippen LogP contribution in [0.5, 0.6) is 5.75 Å². The topological polar surface area (TPSA) is 119 Å². The van der Waals surface area contributed by atoms with Gasteiger partial charge in [-0.2, -0.15) is 0 Å². The van der Waals surface area contributed by atoms with Crippen molar-refractivity contribution in [3.8, 4) is 5.75 Å². The predicted octanol–water partition coefficient (Wildman–Crippen LogP) is 3.27. The average molecular weight is 465 g/mol. The minimum absolute atomic E-state index is 0.0937. The van der Waals surface area contributed by atoms with Crippen molar-refractivity contribution >= 4 is 39.9 Å². The standard InChI is InChI=1S/C23H19N3O6S/c1-12-20(22(30)32-3)33-23(25-12)26-17(13-4-6-15(31-2)7-5-13)16(19(28)21(26)29)18(27)14-8-10-24-11-9-14/h4-11,17,27H,1-3H3. The number of aliphatic hydroxyl groups excluding tert-OH is 1. The van der Waals surface area contributed by atoms with Gasteiger partial charge in [0, 0.05) is 18.0 Å². The number of ketones is 1. The SMILES string of the molecule is COC(=O)c1sc(N2C(=O)C(=O)C(=C(O)c3ccncc3)C2c2ccc(OC)cc2)nc1C. The lowest BCUT2D eigenvalue weighted by molar-refractivity contribution is -0.132. The second kappa shape index (κ2) is 8.83. The third kappa shape index (κ3) is 3.85. The summed E-state index contributed by atoms with van der Waals surface area (Å²) in [5.41, 5.74) is 1.17. The molecule has 3 heterocycles. The van der Waals surface area contributed by atoms with Gasteiger partial charge in [0.15, 0.2) is 5.13 Å². The fraction of sp³-hybridized carbons (Fsp3) is 0.174. The summed E-state index contributed by atoms with van der Waals surface area (Å²) in [6.45, 7) is 1.61. The number of aryl methyl sites for hydroxylation is 1. The number of esters is 1. The second-order valence-electron chi connectivity index (χ2n) is 7.08. The van der Waals surface area contributed by atoms with Gasteiger partial charge in [-0.25, -0.2) is 9.78 Å². The van der Waals surface area contributed by atoms with Crippen molar-refractivity contribution in [1.82, 2.24) is 9.97 Å². The number of carbonyl (C=O) groups excluding carboxylic acids is 3. The number of aromatic nitrogens is 2. The molecule has 0 saturated carbocycles. The van der Waals surface area contributed by atoms with E-state index in [-0.39, 0.29) is 21.3 Å². The Hall–Kier alpha value is -4.05. The summed E-state index contributed by atoms with van der Waals surface area (Å²) in [5.74, 6) is -2.07. The molecule has 3 aromatic rings. The number of Topliss-reactive ketones (excluding diaryl/α,β-unsaturated/α-hetero) is 1. The highest BCUT2D eigenvalue weighted by molar-refractivity contribution is 7.17. The van der Waals surface area contributed by atoms with Gasteiger partial charge in [0.25, 0.3) is 5.78 Å². The molecule has 1 saturated heterocycles. The quantitative estimate of drug-likeness (QED) is 0.264. The maximum absolute atomic E-state index is 13.2. The van der Waals surface area contributed by atoms with Crippen LogP contribution in [0.2, 0.25) is 0 Å². The molecule has 1 unspecified atom stereocenters. The van der Waals surface area contributed by atoms with Crippen molar-refractivity contribution < 1.29 is 29.0 Å². The van der Waals surface area contributed by atoms with E-state index in [4.69, 9.17) is 9.47 Å². The Kier molecular flexibility index (Phi) is 5.93. The second-order valence-corrected chi connectivity index (χ2v) is 8.06. The smallest absolute Gasteiger partial charge is 0.350 e. The molecule has 9 nitrogen and oxygen atoms in total. The molecule has 1 atom stereocenters. The zero-order valence-electron chi connectivity index (χ0n) is 17.9. The van der Waals surface area contributed by atoms with Gasteiger partial charge >= 0.3 is 11.9 Å². The number of rotatable bonds is 5. The number of aliphatic hydroxyl groups is 1. The first-order valence-electron chi connectivity index (χ1n) is 9.78. The number of hydrogen-bond donors (Lipinski definition) is 1. The molecule has 33 heavy (non-hydrogen) atoms. The van der Waals surface area contributed by atoms with Crippen LogP contribution >= 0.6 is 11.3 Å². The fourth-order valence-electron chi connectivity index (χ4n) is 3.56. The van der Waals surface area contributed by atoms with Crippen molar-refractivity contribution in [3.63, 3.8) is 0 Å². The van der Waals surface area contributed by atoms with E-state index in [1.807, 2.05) is 0 Å². The Morgan fingerprint density at radius 2 is 1.76 bits per heavy atom. The number of pyridine rings is 1. The zero-order chi connectivity index (χ0) is 23.7. The van der Waals surface area contributed by atoms with Crippen LogP contribution < -0.4 is 9.64 Å². The van der Waals surface area contributed by atoms with Gasteiger partial charge in [-0.15, -0.1) is 0 Å². The van der Waals surface area contributed by atoms with Gasteiger partial charge in [0.05, 0.1) is 31.5 Å². The van der Waals surface area contributed by atoms with Crippen LogP contribution in [0, 0.1) is 6.92 Å². The Balaban J connectivity index is 1.92. The number of hydrogen-bond acceptors (Lipinski definition) is 9. The van der Waals surface area contributed by atoms with Crippen LogP contribution in [0.25, 0.3) is 5.76 Å². The Morgan fingerprint density at radius 3 is 2.36 bits per heavy atom. The molecule has 1 aliphatic rings. The summed E-state index contributed by atoms with van der Waals surface area (Å²) in [7, 11) is 2.77. The molecule has 1 aromatic carbocycles. The molecule has 0 bridgehead atoms. The number of nitrogens with zero attached hydrogens (tertiary/aromatic N) is 3. The first-order chi connectivity index (χ1) is 15.9. The molecular weight excluding hydrogens is 446 g/mol. The normalized spacial score (nSPS) is 17.3. The lowest BCUT2D eigenvalue weighted by Crippen LogP contribution is -2.29. The first kappa shape index (κ1) is 22.2. The maximum atomic E-state index is 13.2. The van der Waals surface area contributed by atoms with E-state index in [1.54, 1.807) is 31.2 Å². The Morgan fingerprint density at radius 1 is 1.09 bits per heavy atom. The summed E-state index contributed by atoms with van der Waals surface area (Å²) in [6.07, 6.45) is 2.95. The molecule has 1 aliphatic heterocycles. The number of amides is 1. The molecule has 1 N–H and O–H groups in total. The Bertz CT molecular complexity index is 1270. The fourth-order valence-corrected chi connectivity index (χ4v) is 4.58. The van der Waals surface area contributed by atoms with Gasteiger partial charge < -0.3 is 14.6 Å². The van der Waals surface area contributed by atoms with E-state index in [2.05, 4.69) is 9.97 Å². The van der Waals surface area contributed by atoms with Crippen molar-refractivity contribution in [2.75, 3.05) is 19.1 Å². The van der Waals surface area contributed by atoms with Crippen molar-refractivity contribution in [2.45, 2.75) is 13.0 Å². The summed E-state index contributed by atoms with van der Waals surface area (Å²) >= 11 is 0.939. The number of methoxy groups -OCH3 is 2. The molecule has 1 amide bonds. The van der Waals surface area contributed by atoms with Gasteiger partial charge in [0.1, 0.15) is 16.4 Å². The highest BCUT2D eigenvalue weighted by Crippen LogP contribution is 2.44. The summed E-state index contributed by atoms with van der Waals surface area (Å²) in [6, 6.07) is 8.88.